The first-order valence-electron chi connectivity index (χ1n) is 7.16. The van der Waals surface area contributed by atoms with Crippen molar-refractivity contribution < 1.29 is 9.53 Å². The second kappa shape index (κ2) is 6.01. The number of carbonyl (C=O) groups excluding carboxylic acids is 1. The number of rotatable bonds is 5. The lowest BCUT2D eigenvalue weighted by Crippen LogP contribution is -2.33. The van der Waals surface area contributed by atoms with Crippen molar-refractivity contribution in [3.8, 4) is 17.0 Å². The molecule has 3 rings (SSSR count). The molecule has 0 saturated heterocycles. The van der Waals surface area contributed by atoms with Gasteiger partial charge in [0.25, 0.3) is 5.56 Å². The van der Waals surface area contributed by atoms with E-state index in [2.05, 4.69) is 10.3 Å². The van der Waals surface area contributed by atoms with Crippen LogP contribution in [-0.4, -0.2) is 28.6 Å². The first-order valence-corrected chi connectivity index (χ1v) is 7.16. The molecular formula is C16H17N3O3. The van der Waals surface area contributed by atoms with Crippen LogP contribution in [0.15, 0.2) is 41.5 Å². The van der Waals surface area contributed by atoms with Crippen LogP contribution < -0.4 is 15.6 Å². The Kier molecular flexibility index (Phi) is 3.91. The summed E-state index contributed by atoms with van der Waals surface area (Å²) in [6, 6.07) is 9.02. The fraction of sp³-hybridized carbons (Fsp3) is 0.312. The second-order valence-electron chi connectivity index (χ2n) is 5.31. The van der Waals surface area contributed by atoms with Crippen LogP contribution in [-0.2, 0) is 11.3 Å². The quantitative estimate of drug-likeness (QED) is 0.900. The highest BCUT2D eigenvalue weighted by molar-refractivity contribution is 5.76. The number of amides is 1. The van der Waals surface area contributed by atoms with E-state index in [0.29, 0.717) is 5.69 Å². The molecule has 1 aromatic heterocycles. The zero-order valence-electron chi connectivity index (χ0n) is 12.3. The third kappa shape index (κ3) is 3.33. The predicted octanol–water partition coefficient (Wildman–Crippen LogP) is 1.20. The normalized spacial score (nSPS) is 13.7. The molecule has 0 radical (unpaired) electrons. The molecule has 1 amide bonds. The van der Waals surface area contributed by atoms with Crippen LogP contribution in [0.1, 0.15) is 12.8 Å². The largest absolute Gasteiger partial charge is 0.497 e. The number of hydrogen-bond donors (Lipinski definition) is 1. The lowest BCUT2D eigenvalue weighted by molar-refractivity contribution is -0.121. The van der Waals surface area contributed by atoms with Crippen LogP contribution in [0.5, 0.6) is 5.75 Å². The number of nitrogens with one attached hydrogen (secondary N) is 1. The average Bonchev–Trinajstić information content (AvgIpc) is 3.33. The number of ether oxygens (including phenoxy) is 1. The van der Waals surface area contributed by atoms with Gasteiger partial charge < -0.3 is 10.1 Å². The lowest BCUT2D eigenvalue weighted by Gasteiger charge is -2.07. The number of carbonyl (C=O) groups is 1. The van der Waals surface area contributed by atoms with Gasteiger partial charge in [0.05, 0.1) is 19.1 Å². The van der Waals surface area contributed by atoms with Gasteiger partial charge in [-0.3, -0.25) is 14.2 Å². The summed E-state index contributed by atoms with van der Waals surface area (Å²) in [5.41, 5.74) is 1.16. The van der Waals surface area contributed by atoms with E-state index in [0.717, 1.165) is 24.2 Å². The highest BCUT2D eigenvalue weighted by Crippen LogP contribution is 2.19. The van der Waals surface area contributed by atoms with Gasteiger partial charge in [0.15, 0.2) is 0 Å². The van der Waals surface area contributed by atoms with Crippen LogP contribution in [0.25, 0.3) is 11.3 Å². The first-order chi connectivity index (χ1) is 10.7. The molecule has 0 unspecified atom stereocenters. The summed E-state index contributed by atoms with van der Waals surface area (Å²) < 4.78 is 6.41. The maximum Gasteiger partial charge on any atom is 0.254 e. The molecule has 1 fully saturated rings. The summed E-state index contributed by atoms with van der Waals surface area (Å²) in [6.07, 6.45) is 3.46. The van der Waals surface area contributed by atoms with Gasteiger partial charge in [-0.2, -0.15) is 0 Å². The molecule has 0 atom stereocenters. The standard InChI is InChI=1S/C16H17N3O3/c1-22-13-6-2-11(3-7-13)14-8-16(21)19(10-17-14)9-15(20)18-12-4-5-12/h2-3,6-8,10,12H,4-5,9H2,1H3,(H,18,20). The van der Waals surface area contributed by atoms with Gasteiger partial charge in [0, 0.05) is 17.7 Å². The molecule has 0 aliphatic heterocycles. The molecule has 114 valence electrons. The van der Waals surface area contributed by atoms with Crippen molar-refractivity contribution in [3.05, 3.63) is 47.0 Å². The second-order valence-corrected chi connectivity index (χ2v) is 5.31. The monoisotopic (exact) mass is 299 g/mol. The molecule has 6 nitrogen and oxygen atoms in total. The van der Waals surface area contributed by atoms with E-state index in [1.807, 2.05) is 24.3 Å². The van der Waals surface area contributed by atoms with E-state index in [1.54, 1.807) is 7.11 Å². The smallest absolute Gasteiger partial charge is 0.254 e. The molecule has 22 heavy (non-hydrogen) atoms. The molecule has 0 spiro atoms. The molecule has 1 aliphatic carbocycles. The summed E-state index contributed by atoms with van der Waals surface area (Å²) >= 11 is 0. The van der Waals surface area contributed by atoms with Gasteiger partial charge in [-0.25, -0.2) is 4.98 Å². The molecule has 0 bridgehead atoms. The summed E-state index contributed by atoms with van der Waals surface area (Å²) in [5.74, 6) is 0.595. The Morgan fingerprint density at radius 1 is 1.36 bits per heavy atom. The first kappa shape index (κ1) is 14.3. The van der Waals surface area contributed by atoms with Crippen LogP contribution in [0.4, 0.5) is 0 Å². The molecule has 1 saturated carbocycles. The van der Waals surface area contributed by atoms with E-state index in [1.165, 1.54) is 17.0 Å². The van der Waals surface area contributed by atoms with Crippen molar-refractivity contribution >= 4 is 5.91 Å². The van der Waals surface area contributed by atoms with Gasteiger partial charge >= 0.3 is 0 Å². The van der Waals surface area contributed by atoms with Crippen LogP contribution in [0.3, 0.4) is 0 Å². The average molecular weight is 299 g/mol. The van der Waals surface area contributed by atoms with Crippen molar-refractivity contribution in [3.63, 3.8) is 0 Å². The topological polar surface area (TPSA) is 73.2 Å². The third-order valence-electron chi connectivity index (χ3n) is 3.52. The van der Waals surface area contributed by atoms with Crippen LogP contribution >= 0.6 is 0 Å². The van der Waals surface area contributed by atoms with Crippen molar-refractivity contribution in [2.45, 2.75) is 25.4 Å². The molecule has 6 heteroatoms. The molecule has 1 heterocycles. The maximum atomic E-state index is 12.1. The van der Waals surface area contributed by atoms with Gasteiger partial charge in [0.2, 0.25) is 5.91 Å². The Morgan fingerprint density at radius 3 is 2.68 bits per heavy atom. The van der Waals surface area contributed by atoms with Crippen molar-refractivity contribution in [1.82, 2.24) is 14.9 Å². The van der Waals surface area contributed by atoms with Gasteiger partial charge in [0.1, 0.15) is 12.3 Å². The Morgan fingerprint density at radius 2 is 2.09 bits per heavy atom. The minimum absolute atomic E-state index is 0.00518. The SMILES string of the molecule is COc1ccc(-c2cc(=O)n(CC(=O)NC3CC3)cn2)cc1. The fourth-order valence-electron chi connectivity index (χ4n) is 2.12. The Balaban J connectivity index is 1.75. The number of aromatic nitrogens is 2. The molecule has 1 N–H and O–H groups in total. The van der Waals surface area contributed by atoms with E-state index in [4.69, 9.17) is 4.74 Å². The third-order valence-corrected chi connectivity index (χ3v) is 3.52. The summed E-state index contributed by atoms with van der Waals surface area (Å²) in [5, 5.41) is 2.85. The fourth-order valence-corrected chi connectivity index (χ4v) is 2.12. The predicted molar refractivity (Wildman–Crippen MR) is 81.6 cm³/mol. The number of hydrogen-bond acceptors (Lipinski definition) is 4. The summed E-state index contributed by atoms with van der Waals surface area (Å²) in [7, 11) is 1.60. The molecule has 2 aromatic rings. The minimum atomic E-state index is -0.244. The van der Waals surface area contributed by atoms with Crippen LogP contribution in [0, 0.1) is 0 Å². The number of nitrogens with zero attached hydrogens (tertiary/aromatic N) is 2. The molecule has 1 aromatic carbocycles. The number of benzene rings is 1. The molecular weight excluding hydrogens is 282 g/mol. The maximum absolute atomic E-state index is 12.1. The minimum Gasteiger partial charge on any atom is -0.497 e. The van der Waals surface area contributed by atoms with E-state index in [9.17, 15) is 9.59 Å². The molecule has 1 aliphatic rings. The zero-order chi connectivity index (χ0) is 15.5. The Bertz CT molecular complexity index is 733. The Labute approximate surface area is 127 Å². The Hall–Kier alpha value is -2.63. The van der Waals surface area contributed by atoms with E-state index < -0.39 is 0 Å². The van der Waals surface area contributed by atoms with Gasteiger partial charge in [-0.15, -0.1) is 0 Å². The zero-order valence-corrected chi connectivity index (χ0v) is 12.3. The lowest BCUT2D eigenvalue weighted by atomic mass is 10.1. The highest BCUT2D eigenvalue weighted by Gasteiger charge is 2.23. The summed E-state index contributed by atoms with van der Waals surface area (Å²) in [4.78, 5) is 28.1. The van der Waals surface area contributed by atoms with E-state index >= 15 is 0 Å². The summed E-state index contributed by atoms with van der Waals surface area (Å²) in [6.45, 7) is 0.00518. The van der Waals surface area contributed by atoms with Gasteiger partial charge in [-0.05, 0) is 37.1 Å². The van der Waals surface area contributed by atoms with Crippen molar-refractivity contribution in [1.29, 1.82) is 0 Å². The van der Waals surface area contributed by atoms with Crippen molar-refractivity contribution in [2.75, 3.05) is 7.11 Å². The highest BCUT2D eigenvalue weighted by atomic mass is 16.5. The van der Waals surface area contributed by atoms with Crippen molar-refractivity contribution in [2.24, 2.45) is 0 Å². The van der Waals surface area contributed by atoms with Gasteiger partial charge in [-0.1, -0.05) is 0 Å². The van der Waals surface area contributed by atoms with E-state index in [-0.39, 0.29) is 24.1 Å². The van der Waals surface area contributed by atoms with Crippen LogP contribution in [0.2, 0.25) is 0 Å². The number of methoxy groups -OCH3 is 1.